The first-order valence-electron chi connectivity index (χ1n) is 9.25. The van der Waals surface area contributed by atoms with E-state index in [1.165, 1.54) is 18.2 Å². The first-order valence-corrected chi connectivity index (χ1v) is 9.63. The number of nitrogens with zero attached hydrogens (tertiary/aromatic N) is 2. The Morgan fingerprint density at radius 2 is 1.77 bits per heavy atom. The smallest absolute Gasteiger partial charge is 0.278 e. The molecule has 3 N–H and O–H groups in total. The summed E-state index contributed by atoms with van der Waals surface area (Å²) >= 11 is 6.30. The summed E-state index contributed by atoms with van der Waals surface area (Å²) in [4.78, 5) is 37.8. The number of hydrazine groups is 1. The molecule has 3 aromatic carbocycles. The van der Waals surface area contributed by atoms with Gasteiger partial charge in [0.15, 0.2) is 0 Å². The highest BCUT2D eigenvalue weighted by Crippen LogP contribution is 2.47. The van der Waals surface area contributed by atoms with E-state index in [1.54, 1.807) is 42.5 Å². The number of carbonyl (C=O) groups excluding carboxylic acids is 2. The summed E-state index contributed by atoms with van der Waals surface area (Å²) in [5.74, 6) is -1.12. The molecule has 2 aliphatic rings. The van der Waals surface area contributed by atoms with Gasteiger partial charge in [-0.2, -0.15) is 0 Å². The van der Waals surface area contributed by atoms with Crippen LogP contribution in [0.25, 0.3) is 0 Å². The highest BCUT2D eigenvalue weighted by Gasteiger charge is 2.58. The zero-order valence-corrected chi connectivity index (χ0v) is 16.5. The molecule has 154 valence electrons. The fraction of sp³-hybridized carbons (Fsp3) is 0.0476. The first-order chi connectivity index (χ1) is 14.9. The molecule has 1 unspecified atom stereocenters. The summed E-state index contributed by atoms with van der Waals surface area (Å²) in [6.07, 6.45) is 0. The summed E-state index contributed by atoms with van der Waals surface area (Å²) in [5, 5.41) is 18.6. The van der Waals surface area contributed by atoms with Crippen LogP contribution in [0.4, 0.5) is 22.7 Å². The van der Waals surface area contributed by atoms with Crippen molar-refractivity contribution >= 4 is 46.2 Å². The first kappa shape index (κ1) is 18.9. The van der Waals surface area contributed by atoms with Gasteiger partial charge < -0.3 is 10.6 Å². The highest BCUT2D eigenvalue weighted by atomic mass is 35.5. The van der Waals surface area contributed by atoms with Gasteiger partial charge in [0.05, 0.1) is 26.9 Å². The van der Waals surface area contributed by atoms with Crippen molar-refractivity contribution in [2.45, 2.75) is 5.66 Å². The van der Waals surface area contributed by atoms with Crippen LogP contribution in [0.3, 0.4) is 0 Å². The predicted molar refractivity (Wildman–Crippen MR) is 115 cm³/mol. The lowest BCUT2D eigenvalue weighted by atomic mass is 9.94. The molecule has 3 aromatic rings. The molecule has 0 radical (unpaired) electrons. The number of rotatable bonds is 3. The number of amides is 2. The van der Waals surface area contributed by atoms with Gasteiger partial charge in [0, 0.05) is 23.4 Å². The van der Waals surface area contributed by atoms with E-state index in [-0.39, 0.29) is 21.8 Å². The lowest BCUT2D eigenvalue weighted by molar-refractivity contribution is -0.384. The van der Waals surface area contributed by atoms with Gasteiger partial charge in [-0.25, -0.2) is 5.01 Å². The standard InChI is InChI=1S/C21H14ClN5O4/c22-15-7-4-8-17-18(15)19(28)26(25-12-5-2-1-3-6-12)21(24-17)14-11-13(27(30)31)9-10-16(14)23-20(21)29/h1-11,24-25H,(H,23,29). The normalized spacial score (nSPS) is 18.8. The summed E-state index contributed by atoms with van der Waals surface area (Å²) in [6.45, 7) is 0. The lowest BCUT2D eigenvalue weighted by Crippen LogP contribution is -2.63. The van der Waals surface area contributed by atoms with Crippen molar-refractivity contribution in [3.63, 3.8) is 0 Å². The molecule has 0 aliphatic carbocycles. The number of hydrogen-bond acceptors (Lipinski definition) is 6. The Balaban J connectivity index is 1.76. The third-order valence-electron chi connectivity index (χ3n) is 5.28. The van der Waals surface area contributed by atoms with E-state index in [0.29, 0.717) is 17.1 Å². The lowest BCUT2D eigenvalue weighted by Gasteiger charge is -2.44. The molecule has 2 aliphatic heterocycles. The van der Waals surface area contributed by atoms with Crippen LogP contribution in [0.2, 0.25) is 5.02 Å². The Bertz CT molecular complexity index is 1270. The Hall–Kier alpha value is -4.11. The van der Waals surface area contributed by atoms with Crippen molar-refractivity contribution in [2.75, 3.05) is 16.1 Å². The highest BCUT2D eigenvalue weighted by molar-refractivity contribution is 6.35. The monoisotopic (exact) mass is 435 g/mol. The number of anilines is 3. The largest absolute Gasteiger partial charge is 0.349 e. The number of halogens is 1. The van der Waals surface area contributed by atoms with Gasteiger partial charge >= 0.3 is 0 Å². The average Bonchev–Trinajstić information content (AvgIpc) is 3.02. The predicted octanol–water partition coefficient (Wildman–Crippen LogP) is 3.95. The van der Waals surface area contributed by atoms with Gasteiger partial charge in [-0.3, -0.25) is 25.1 Å². The van der Waals surface area contributed by atoms with E-state index < -0.39 is 22.4 Å². The SMILES string of the molecule is O=C1c2c(Cl)cccc2NC2(C(=O)Nc3ccc([N+](=O)[O-])cc32)N1Nc1ccccc1. The molecular weight excluding hydrogens is 422 g/mol. The number of para-hydroxylation sites is 1. The van der Waals surface area contributed by atoms with Crippen molar-refractivity contribution in [1.82, 2.24) is 5.01 Å². The fourth-order valence-corrected chi connectivity index (χ4v) is 4.13. The quantitative estimate of drug-likeness (QED) is 0.423. The second-order valence-electron chi connectivity index (χ2n) is 7.06. The zero-order valence-electron chi connectivity index (χ0n) is 15.8. The molecule has 2 amide bonds. The molecule has 2 heterocycles. The van der Waals surface area contributed by atoms with E-state index in [2.05, 4.69) is 16.1 Å². The number of nitro benzene ring substituents is 1. The van der Waals surface area contributed by atoms with Crippen molar-refractivity contribution < 1.29 is 14.5 Å². The van der Waals surface area contributed by atoms with E-state index in [4.69, 9.17) is 11.6 Å². The van der Waals surface area contributed by atoms with Gasteiger partial charge in [0.25, 0.3) is 17.5 Å². The van der Waals surface area contributed by atoms with E-state index in [0.717, 1.165) is 5.01 Å². The second-order valence-corrected chi connectivity index (χ2v) is 7.46. The van der Waals surface area contributed by atoms with Crippen LogP contribution in [0, 0.1) is 10.1 Å². The summed E-state index contributed by atoms with van der Waals surface area (Å²) < 4.78 is 0. The van der Waals surface area contributed by atoms with Gasteiger partial charge in [0.2, 0.25) is 5.66 Å². The van der Waals surface area contributed by atoms with Gasteiger partial charge in [-0.15, -0.1) is 0 Å². The minimum absolute atomic E-state index is 0.185. The van der Waals surface area contributed by atoms with Crippen LogP contribution in [-0.4, -0.2) is 21.7 Å². The molecule has 10 heteroatoms. The third kappa shape index (κ3) is 2.71. The maximum absolute atomic E-state index is 13.6. The van der Waals surface area contributed by atoms with Crippen LogP contribution < -0.4 is 16.1 Å². The van der Waals surface area contributed by atoms with Gasteiger partial charge in [-0.1, -0.05) is 35.9 Å². The van der Waals surface area contributed by atoms with Crippen LogP contribution in [0.5, 0.6) is 0 Å². The number of benzene rings is 3. The molecule has 5 rings (SSSR count). The number of nitrogens with one attached hydrogen (secondary N) is 3. The van der Waals surface area contributed by atoms with Crippen LogP contribution >= 0.6 is 11.6 Å². The zero-order chi connectivity index (χ0) is 21.8. The number of carbonyl (C=O) groups is 2. The second kappa shape index (κ2) is 6.71. The van der Waals surface area contributed by atoms with E-state index in [1.807, 2.05) is 6.07 Å². The molecule has 0 fully saturated rings. The molecule has 31 heavy (non-hydrogen) atoms. The molecule has 1 spiro atoms. The third-order valence-corrected chi connectivity index (χ3v) is 5.59. The molecule has 0 bridgehead atoms. The fourth-order valence-electron chi connectivity index (χ4n) is 3.87. The Kier molecular flexibility index (Phi) is 4.09. The molecular formula is C21H14ClN5O4. The number of nitro groups is 1. The minimum Gasteiger partial charge on any atom is -0.349 e. The van der Waals surface area contributed by atoms with E-state index in [9.17, 15) is 19.7 Å². The molecule has 9 nitrogen and oxygen atoms in total. The Morgan fingerprint density at radius 1 is 1.00 bits per heavy atom. The van der Waals surface area contributed by atoms with Gasteiger partial charge in [0.1, 0.15) is 0 Å². The Labute approximate surface area is 180 Å². The number of non-ortho nitro benzene ring substituents is 1. The molecule has 0 saturated heterocycles. The maximum atomic E-state index is 13.6. The Morgan fingerprint density at radius 3 is 2.52 bits per heavy atom. The van der Waals surface area contributed by atoms with Crippen molar-refractivity contribution in [3.8, 4) is 0 Å². The topological polar surface area (TPSA) is 117 Å². The van der Waals surface area contributed by atoms with E-state index >= 15 is 0 Å². The minimum atomic E-state index is -1.77. The summed E-state index contributed by atoms with van der Waals surface area (Å²) in [6, 6.07) is 17.7. The average molecular weight is 436 g/mol. The molecule has 0 saturated carbocycles. The van der Waals surface area contributed by atoms with Gasteiger partial charge in [-0.05, 0) is 30.3 Å². The number of fused-ring (bicyclic) bond motifs is 3. The number of hydrogen-bond donors (Lipinski definition) is 3. The van der Waals surface area contributed by atoms with Crippen molar-refractivity contribution in [1.29, 1.82) is 0 Å². The molecule has 0 aromatic heterocycles. The van der Waals surface area contributed by atoms with Crippen LogP contribution in [0.15, 0.2) is 66.7 Å². The summed E-state index contributed by atoms with van der Waals surface area (Å²) in [5.41, 5.74) is 2.68. The van der Waals surface area contributed by atoms with Crippen LogP contribution in [-0.2, 0) is 10.5 Å². The van der Waals surface area contributed by atoms with Crippen molar-refractivity contribution in [3.05, 3.63) is 93.0 Å². The summed E-state index contributed by atoms with van der Waals surface area (Å²) in [7, 11) is 0. The van der Waals surface area contributed by atoms with Crippen LogP contribution in [0.1, 0.15) is 15.9 Å². The maximum Gasteiger partial charge on any atom is 0.278 e. The molecule has 1 atom stereocenters. The van der Waals surface area contributed by atoms with Crippen molar-refractivity contribution in [2.24, 2.45) is 0 Å².